The van der Waals surface area contributed by atoms with E-state index in [9.17, 15) is 5.11 Å². The molecule has 5 nitrogen and oxygen atoms in total. The second kappa shape index (κ2) is 6.67. The summed E-state index contributed by atoms with van der Waals surface area (Å²) >= 11 is 3.22. The molecule has 3 aromatic heterocycles. The third-order valence-corrected chi connectivity index (χ3v) is 6.51. The molecule has 1 fully saturated rings. The molecule has 0 unspecified atom stereocenters. The van der Waals surface area contributed by atoms with Crippen molar-refractivity contribution in [2.45, 2.75) is 12.0 Å². The Morgan fingerprint density at radius 2 is 1.93 bits per heavy atom. The normalized spacial score (nSPS) is 15.4. The largest absolute Gasteiger partial charge is 0.385 e. The summed E-state index contributed by atoms with van der Waals surface area (Å²) < 4.78 is 0. The van der Waals surface area contributed by atoms with Gasteiger partial charge in [0.2, 0.25) is 0 Å². The summed E-state index contributed by atoms with van der Waals surface area (Å²) in [5, 5.41) is 26.7. The predicted molar refractivity (Wildman–Crippen MR) is 114 cm³/mol. The van der Waals surface area contributed by atoms with E-state index in [0.717, 1.165) is 32.7 Å². The number of hydrogen-bond acceptors (Lipinski definition) is 7. The number of nitriles is 1. The molecule has 7 heteroatoms. The smallest absolute Gasteiger partial charge is 0.163 e. The highest BCUT2D eigenvalue weighted by Crippen LogP contribution is 2.42. The van der Waals surface area contributed by atoms with Crippen LogP contribution in [0.25, 0.3) is 32.7 Å². The lowest BCUT2D eigenvalue weighted by Crippen LogP contribution is -2.62. The molecule has 0 radical (unpaired) electrons. The molecule has 1 saturated heterocycles. The van der Waals surface area contributed by atoms with Crippen molar-refractivity contribution in [1.82, 2.24) is 9.97 Å². The van der Waals surface area contributed by atoms with Gasteiger partial charge in [0, 0.05) is 21.9 Å². The molecule has 138 valence electrons. The van der Waals surface area contributed by atoms with Gasteiger partial charge >= 0.3 is 0 Å². The van der Waals surface area contributed by atoms with Crippen LogP contribution in [0.1, 0.15) is 6.42 Å². The van der Waals surface area contributed by atoms with Crippen LogP contribution in [0.3, 0.4) is 0 Å². The van der Waals surface area contributed by atoms with Crippen LogP contribution >= 0.6 is 22.7 Å². The van der Waals surface area contributed by atoms with Gasteiger partial charge in [0.15, 0.2) is 5.82 Å². The van der Waals surface area contributed by atoms with Crippen LogP contribution in [0.15, 0.2) is 52.5 Å². The number of aromatic nitrogens is 2. The fourth-order valence-electron chi connectivity index (χ4n) is 3.58. The Morgan fingerprint density at radius 3 is 2.64 bits per heavy atom. The molecule has 1 aromatic carbocycles. The minimum atomic E-state index is -0.961. The van der Waals surface area contributed by atoms with Crippen molar-refractivity contribution in [3.05, 3.63) is 52.5 Å². The van der Waals surface area contributed by atoms with Gasteiger partial charge in [-0.2, -0.15) is 16.6 Å². The minimum Gasteiger partial charge on any atom is -0.385 e. The van der Waals surface area contributed by atoms with Gasteiger partial charge in [0.25, 0.3) is 0 Å². The average molecular weight is 405 g/mol. The zero-order valence-electron chi connectivity index (χ0n) is 14.9. The zero-order chi connectivity index (χ0) is 19.1. The van der Waals surface area contributed by atoms with Crippen molar-refractivity contribution in [3.8, 4) is 28.6 Å². The van der Waals surface area contributed by atoms with E-state index >= 15 is 0 Å². The maximum Gasteiger partial charge on any atom is 0.163 e. The molecule has 0 bridgehead atoms. The molecule has 5 rings (SSSR count). The molecular formula is C21H16N4OS2. The number of hydrogen-bond donors (Lipinski definition) is 1. The third kappa shape index (κ3) is 2.87. The van der Waals surface area contributed by atoms with E-state index in [1.807, 2.05) is 35.0 Å². The maximum atomic E-state index is 10.5. The van der Waals surface area contributed by atoms with E-state index in [0.29, 0.717) is 18.9 Å². The Labute approximate surface area is 170 Å². The highest BCUT2D eigenvalue weighted by atomic mass is 32.1. The van der Waals surface area contributed by atoms with Gasteiger partial charge in [0.05, 0.1) is 31.0 Å². The summed E-state index contributed by atoms with van der Waals surface area (Å²) in [5.74, 6) is 1.52. The maximum absolute atomic E-state index is 10.5. The summed E-state index contributed by atoms with van der Waals surface area (Å²) in [6.45, 7) is 0.805. The Kier molecular flexibility index (Phi) is 4.13. The highest BCUT2D eigenvalue weighted by Gasteiger charge is 2.42. The van der Waals surface area contributed by atoms with Gasteiger partial charge in [-0.3, -0.25) is 0 Å². The molecule has 1 aliphatic rings. The molecule has 0 atom stereocenters. The van der Waals surface area contributed by atoms with Gasteiger partial charge in [0.1, 0.15) is 16.2 Å². The molecule has 0 spiro atoms. The van der Waals surface area contributed by atoms with Crippen molar-refractivity contribution in [1.29, 1.82) is 5.26 Å². The monoisotopic (exact) mass is 404 g/mol. The summed E-state index contributed by atoms with van der Waals surface area (Å²) in [6, 6.07) is 14.3. The first-order chi connectivity index (χ1) is 13.7. The van der Waals surface area contributed by atoms with Crippen LogP contribution in [-0.2, 0) is 0 Å². The van der Waals surface area contributed by atoms with Gasteiger partial charge in [-0.25, -0.2) is 9.97 Å². The number of benzene rings is 1. The number of rotatable bonds is 4. The first kappa shape index (κ1) is 17.3. The Bertz CT molecular complexity index is 1170. The van der Waals surface area contributed by atoms with Crippen LogP contribution in [0.5, 0.6) is 0 Å². The number of anilines is 1. The first-order valence-corrected chi connectivity index (χ1v) is 10.7. The quantitative estimate of drug-likeness (QED) is 0.540. The Morgan fingerprint density at radius 1 is 1.11 bits per heavy atom. The van der Waals surface area contributed by atoms with E-state index in [1.54, 1.807) is 22.7 Å². The number of β-amino-alcohol motifs (C(OH)–C–C–N with tert-alkyl or cyclic N) is 1. The van der Waals surface area contributed by atoms with Crippen LogP contribution < -0.4 is 4.90 Å². The van der Waals surface area contributed by atoms with E-state index in [-0.39, 0.29) is 6.42 Å². The Hall–Kier alpha value is -2.79. The summed E-state index contributed by atoms with van der Waals surface area (Å²) in [7, 11) is 0. The van der Waals surface area contributed by atoms with Crippen molar-refractivity contribution >= 4 is 38.7 Å². The van der Waals surface area contributed by atoms with E-state index in [2.05, 4.69) is 28.5 Å². The molecule has 1 aliphatic heterocycles. The van der Waals surface area contributed by atoms with Crippen molar-refractivity contribution in [3.63, 3.8) is 0 Å². The van der Waals surface area contributed by atoms with Gasteiger partial charge in [-0.1, -0.05) is 30.3 Å². The van der Waals surface area contributed by atoms with Crippen LogP contribution in [0.4, 0.5) is 5.82 Å². The molecule has 4 aromatic rings. The zero-order valence-corrected chi connectivity index (χ0v) is 16.5. The van der Waals surface area contributed by atoms with E-state index in [4.69, 9.17) is 15.2 Å². The summed E-state index contributed by atoms with van der Waals surface area (Å²) in [4.78, 5) is 12.7. The minimum absolute atomic E-state index is 0.129. The topological polar surface area (TPSA) is 73.0 Å². The van der Waals surface area contributed by atoms with E-state index < -0.39 is 5.60 Å². The molecule has 28 heavy (non-hydrogen) atoms. The predicted octanol–water partition coefficient (Wildman–Crippen LogP) is 4.55. The van der Waals surface area contributed by atoms with Crippen molar-refractivity contribution in [2.24, 2.45) is 0 Å². The Balaban J connectivity index is 1.67. The molecule has 0 saturated carbocycles. The first-order valence-electron chi connectivity index (χ1n) is 8.88. The van der Waals surface area contributed by atoms with Crippen molar-refractivity contribution < 1.29 is 5.11 Å². The third-order valence-electron chi connectivity index (χ3n) is 4.96. The van der Waals surface area contributed by atoms with Gasteiger partial charge < -0.3 is 10.0 Å². The molecule has 1 N–H and O–H groups in total. The lowest BCUT2D eigenvalue weighted by molar-refractivity contribution is 0.0164. The second-order valence-corrected chi connectivity index (χ2v) is 8.63. The molecule has 0 aliphatic carbocycles. The number of nitrogens with zero attached hydrogens (tertiary/aromatic N) is 4. The second-order valence-electron chi connectivity index (χ2n) is 6.99. The van der Waals surface area contributed by atoms with Gasteiger partial charge in [-0.15, -0.1) is 11.3 Å². The highest BCUT2D eigenvalue weighted by molar-refractivity contribution is 7.17. The van der Waals surface area contributed by atoms with Crippen molar-refractivity contribution in [2.75, 3.05) is 18.0 Å². The average Bonchev–Trinajstić information content (AvgIpc) is 3.36. The van der Waals surface area contributed by atoms with Crippen LogP contribution in [0, 0.1) is 11.3 Å². The number of thiophene rings is 2. The van der Waals surface area contributed by atoms with E-state index in [1.165, 1.54) is 0 Å². The lowest BCUT2D eigenvalue weighted by atomic mass is 9.90. The summed E-state index contributed by atoms with van der Waals surface area (Å²) in [5.41, 5.74) is 2.26. The number of fused-ring (bicyclic) bond motifs is 1. The van der Waals surface area contributed by atoms with Crippen LogP contribution in [-0.4, -0.2) is 33.8 Å². The summed E-state index contributed by atoms with van der Waals surface area (Å²) in [6.07, 6.45) is 0.129. The lowest BCUT2D eigenvalue weighted by Gasteiger charge is -2.46. The fourth-order valence-corrected chi connectivity index (χ4v) is 5.15. The molecule has 0 amide bonds. The standard InChI is InChI=1S/C21H16N4OS2/c22-8-7-21(26)12-25(13-21)19-17-16(14-4-2-1-3-5-14)11-28-20(17)24-18(23-19)15-6-9-27-10-15/h1-6,9-11,26H,7,12-13H2. The molecule has 4 heterocycles. The SMILES string of the molecule is N#CCC1(O)CN(c2nc(-c3ccsc3)nc3scc(-c4ccccc4)c23)C1. The molecular weight excluding hydrogens is 388 g/mol. The van der Waals surface area contributed by atoms with Gasteiger partial charge in [-0.05, 0) is 17.0 Å². The fraction of sp³-hybridized carbons (Fsp3) is 0.190. The number of aliphatic hydroxyl groups is 1. The van der Waals surface area contributed by atoms with Crippen LogP contribution in [0.2, 0.25) is 0 Å².